The number of thiazole rings is 1. The van der Waals surface area contributed by atoms with Crippen LogP contribution >= 0.6 is 48.6 Å². The minimum atomic E-state index is -0.450. The maximum absolute atomic E-state index is 12.3. The van der Waals surface area contributed by atoms with Crippen LogP contribution in [0.2, 0.25) is 0 Å². The van der Waals surface area contributed by atoms with Crippen molar-refractivity contribution in [3.63, 3.8) is 0 Å². The first-order valence-electron chi connectivity index (χ1n) is 7.05. The quantitative estimate of drug-likeness (QED) is 0.835. The summed E-state index contributed by atoms with van der Waals surface area (Å²) in [7, 11) is 0. The van der Waals surface area contributed by atoms with Crippen molar-refractivity contribution in [3.05, 3.63) is 16.1 Å². The molecule has 0 saturated carbocycles. The molecule has 0 radical (unpaired) electrons. The fourth-order valence-electron chi connectivity index (χ4n) is 2.33. The summed E-state index contributed by atoms with van der Waals surface area (Å²) in [5.74, 6) is 0.171. The van der Waals surface area contributed by atoms with Gasteiger partial charge in [-0.05, 0) is 20.8 Å². The molecule has 0 aliphatic carbocycles. The summed E-state index contributed by atoms with van der Waals surface area (Å²) in [6.45, 7) is 10.5. The fraction of sp³-hybridized carbons (Fsp3) is 0.714. The van der Waals surface area contributed by atoms with Gasteiger partial charge in [0.25, 0.3) is 0 Å². The van der Waals surface area contributed by atoms with Gasteiger partial charge in [-0.1, -0.05) is 0 Å². The number of carbonyl (C=O) groups excluding carboxylic acids is 1. The number of hydrogen-bond donors (Lipinski definition) is 1. The Balaban J connectivity index is 0. The normalized spacial score (nSPS) is 15.2. The monoisotopic (exact) mass is 404 g/mol. The smallest absolute Gasteiger partial charge is 0.229 e. The van der Waals surface area contributed by atoms with Gasteiger partial charge in [-0.2, -0.15) is 0 Å². The molecule has 2 N–H and O–H groups in total. The van der Waals surface area contributed by atoms with E-state index >= 15 is 0 Å². The highest BCUT2D eigenvalue weighted by molar-refractivity contribution is 7.09. The van der Waals surface area contributed by atoms with Crippen molar-refractivity contribution >= 4 is 54.5 Å². The molecule has 1 aliphatic heterocycles. The van der Waals surface area contributed by atoms with Crippen molar-refractivity contribution in [2.75, 3.05) is 32.7 Å². The standard InChI is InChI=1S/C14H24N4OS.3ClH/c1-11-16-12(9-20-11)8-17-4-6-18(7-5-17)13(19)14(2,3)10-15;;;/h9H,4-8,10,15H2,1-3H3;3*1H. The predicted octanol–water partition coefficient (Wildman–Crippen LogP) is 2.35. The van der Waals surface area contributed by atoms with E-state index < -0.39 is 5.41 Å². The minimum Gasteiger partial charge on any atom is -0.340 e. The Labute approximate surface area is 161 Å². The summed E-state index contributed by atoms with van der Waals surface area (Å²) in [5.41, 5.74) is 6.36. The SMILES string of the molecule is Cc1nc(CN2CCN(C(=O)C(C)(C)CN)CC2)cs1.Cl.Cl.Cl. The van der Waals surface area contributed by atoms with Crippen LogP contribution in [0.25, 0.3) is 0 Å². The second kappa shape index (κ2) is 10.7. The lowest BCUT2D eigenvalue weighted by Gasteiger charge is -2.38. The molecule has 23 heavy (non-hydrogen) atoms. The van der Waals surface area contributed by atoms with Crippen molar-refractivity contribution in [2.45, 2.75) is 27.3 Å². The maximum Gasteiger partial charge on any atom is 0.229 e. The number of nitrogens with zero attached hydrogens (tertiary/aromatic N) is 3. The number of rotatable bonds is 4. The lowest BCUT2D eigenvalue weighted by molar-refractivity contribution is -0.141. The van der Waals surface area contributed by atoms with Gasteiger partial charge in [-0.15, -0.1) is 48.6 Å². The van der Waals surface area contributed by atoms with Crippen molar-refractivity contribution in [1.82, 2.24) is 14.8 Å². The van der Waals surface area contributed by atoms with Crippen LogP contribution in [0.4, 0.5) is 0 Å². The van der Waals surface area contributed by atoms with E-state index in [0.717, 1.165) is 43.4 Å². The van der Waals surface area contributed by atoms with Gasteiger partial charge in [0.2, 0.25) is 5.91 Å². The fourth-order valence-corrected chi connectivity index (χ4v) is 2.94. The van der Waals surface area contributed by atoms with Gasteiger partial charge in [-0.25, -0.2) is 4.98 Å². The summed E-state index contributed by atoms with van der Waals surface area (Å²) in [4.78, 5) is 21.1. The summed E-state index contributed by atoms with van der Waals surface area (Å²) in [5, 5.41) is 3.23. The summed E-state index contributed by atoms with van der Waals surface area (Å²) < 4.78 is 0. The first kappa shape index (κ1) is 25.1. The van der Waals surface area contributed by atoms with E-state index in [1.165, 1.54) is 0 Å². The largest absolute Gasteiger partial charge is 0.340 e. The molecule has 9 heteroatoms. The van der Waals surface area contributed by atoms with Gasteiger partial charge in [-0.3, -0.25) is 9.69 Å². The predicted molar refractivity (Wildman–Crippen MR) is 103 cm³/mol. The highest BCUT2D eigenvalue weighted by Crippen LogP contribution is 2.19. The number of carbonyl (C=O) groups is 1. The van der Waals surface area contributed by atoms with Gasteiger partial charge in [0.15, 0.2) is 0 Å². The molecule has 1 aliphatic rings. The zero-order chi connectivity index (χ0) is 14.8. The Kier molecular flexibility index (Phi) is 11.7. The van der Waals surface area contributed by atoms with Crippen molar-refractivity contribution in [1.29, 1.82) is 0 Å². The van der Waals surface area contributed by atoms with E-state index in [2.05, 4.69) is 15.3 Å². The molecule has 2 rings (SSSR count). The minimum absolute atomic E-state index is 0. The molecular formula is C14H27Cl3N4OS. The van der Waals surface area contributed by atoms with Gasteiger partial charge in [0, 0.05) is 44.6 Å². The summed E-state index contributed by atoms with van der Waals surface area (Å²) >= 11 is 1.69. The molecule has 0 aromatic carbocycles. The molecule has 1 aromatic rings. The molecule has 1 amide bonds. The lowest BCUT2D eigenvalue weighted by Crippen LogP contribution is -2.53. The number of aromatic nitrogens is 1. The van der Waals surface area contributed by atoms with E-state index in [9.17, 15) is 4.79 Å². The third-order valence-corrected chi connectivity index (χ3v) is 4.62. The zero-order valence-corrected chi connectivity index (χ0v) is 17.0. The van der Waals surface area contributed by atoms with Crippen LogP contribution in [0.3, 0.4) is 0 Å². The molecule has 1 saturated heterocycles. The van der Waals surface area contributed by atoms with Crippen molar-refractivity contribution < 1.29 is 4.79 Å². The summed E-state index contributed by atoms with van der Waals surface area (Å²) in [6, 6.07) is 0. The third kappa shape index (κ3) is 6.72. The second-order valence-electron chi connectivity index (χ2n) is 6.01. The van der Waals surface area contributed by atoms with Crippen molar-refractivity contribution in [3.8, 4) is 0 Å². The average Bonchev–Trinajstić information content (AvgIpc) is 2.84. The van der Waals surface area contributed by atoms with Gasteiger partial charge < -0.3 is 10.6 Å². The Morgan fingerprint density at radius 3 is 2.26 bits per heavy atom. The van der Waals surface area contributed by atoms with Gasteiger partial charge in [0.1, 0.15) is 0 Å². The van der Waals surface area contributed by atoms with E-state index in [1.54, 1.807) is 11.3 Å². The number of aryl methyl sites for hydroxylation is 1. The number of amides is 1. The Morgan fingerprint density at radius 1 is 1.26 bits per heavy atom. The van der Waals surface area contributed by atoms with E-state index in [1.807, 2.05) is 25.7 Å². The molecule has 5 nitrogen and oxygen atoms in total. The molecule has 0 bridgehead atoms. The molecule has 0 unspecified atom stereocenters. The molecule has 1 fully saturated rings. The van der Waals surface area contributed by atoms with Crippen molar-refractivity contribution in [2.24, 2.45) is 11.1 Å². The Morgan fingerprint density at radius 2 is 1.83 bits per heavy atom. The lowest BCUT2D eigenvalue weighted by atomic mass is 9.91. The average molecular weight is 406 g/mol. The zero-order valence-electron chi connectivity index (χ0n) is 13.8. The number of hydrogen-bond acceptors (Lipinski definition) is 5. The number of halogens is 3. The summed E-state index contributed by atoms with van der Waals surface area (Å²) in [6.07, 6.45) is 0. The van der Waals surface area contributed by atoms with Crippen LogP contribution in [-0.2, 0) is 11.3 Å². The van der Waals surface area contributed by atoms with Gasteiger partial charge >= 0.3 is 0 Å². The third-order valence-electron chi connectivity index (χ3n) is 3.80. The molecular weight excluding hydrogens is 379 g/mol. The highest BCUT2D eigenvalue weighted by atomic mass is 35.5. The Hall–Kier alpha value is -0.110. The van der Waals surface area contributed by atoms with E-state index in [4.69, 9.17) is 5.73 Å². The van der Waals surface area contributed by atoms with Crippen LogP contribution in [0, 0.1) is 12.3 Å². The van der Waals surface area contributed by atoms with E-state index in [0.29, 0.717) is 6.54 Å². The van der Waals surface area contributed by atoms with Gasteiger partial charge in [0.05, 0.1) is 16.1 Å². The topological polar surface area (TPSA) is 62.5 Å². The number of piperazine rings is 1. The van der Waals surface area contributed by atoms with Crippen LogP contribution in [-0.4, -0.2) is 53.4 Å². The second-order valence-corrected chi connectivity index (χ2v) is 7.08. The first-order valence-corrected chi connectivity index (χ1v) is 7.93. The number of nitrogens with two attached hydrogens (primary N) is 1. The van der Waals surface area contributed by atoms with Crippen LogP contribution < -0.4 is 5.73 Å². The molecule has 136 valence electrons. The maximum atomic E-state index is 12.3. The van der Waals surface area contributed by atoms with E-state index in [-0.39, 0.29) is 43.1 Å². The molecule has 0 spiro atoms. The molecule has 1 aromatic heterocycles. The molecule has 2 heterocycles. The van der Waals surface area contributed by atoms with Crippen LogP contribution in [0.1, 0.15) is 24.5 Å². The highest BCUT2D eigenvalue weighted by Gasteiger charge is 2.32. The van der Waals surface area contributed by atoms with Crippen LogP contribution in [0.15, 0.2) is 5.38 Å². The first-order chi connectivity index (χ1) is 9.42. The van der Waals surface area contributed by atoms with Crippen LogP contribution in [0.5, 0.6) is 0 Å². The Bertz CT molecular complexity index is 476. The molecule has 0 atom stereocenters.